The van der Waals surface area contributed by atoms with E-state index < -0.39 is 0 Å². The number of rotatable bonds is 3. The fraction of sp³-hybridized carbons (Fsp3) is 0.667. The Labute approximate surface area is 95.4 Å². The predicted molar refractivity (Wildman–Crippen MR) is 64.1 cm³/mol. The van der Waals surface area contributed by atoms with E-state index in [-0.39, 0.29) is 12.1 Å². The molecule has 0 spiro atoms. The minimum atomic E-state index is 0.0628. The van der Waals surface area contributed by atoms with E-state index in [2.05, 4.69) is 26.0 Å². The molecule has 1 aromatic rings. The highest BCUT2D eigenvalue weighted by Crippen LogP contribution is 2.32. The third kappa shape index (κ3) is 2.25. The number of ether oxygens (including phenoxy) is 1. The van der Waals surface area contributed by atoms with Crippen molar-refractivity contribution in [3.8, 4) is 0 Å². The van der Waals surface area contributed by atoms with E-state index in [0.717, 1.165) is 19.4 Å². The highest BCUT2D eigenvalue weighted by molar-refractivity contribution is 7.12. The molecule has 0 aliphatic carbocycles. The standard InChI is InChI=1S/C12H19NOS/c1-3-9-4-5-10(15-9)11(13)12-8(2)6-7-14-12/h4-5,8,11-12H,3,6-7,13H2,1-2H3. The van der Waals surface area contributed by atoms with Crippen molar-refractivity contribution in [2.24, 2.45) is 11.7 Å². The summed E-state index contributed by atoms with van der Waals surface area (Å²) in [5.41, 5.74) is 6.24. The fourth-order valence-electron chi connectivity index (χ4n) is 2.10. The second-order valence-electron chi connectivity index (χ2n) is 4.28. The summed E-state index contributed by atoms with van der Waals surface area (Å²) in [6.45, 7) is 5.27. The number of hydrogen-bond donors (Lipinski definition) is 1. The Morgan fingerprint density at radius 1 is 1.60 bits per heavy atom. The van der Waals surface area contributed by atoms with Crippen LogP contribution in [0.15, 0.2) is 12.1 Å². The maximum atomic E-state index is 6.24. The Morgan fingerprint density at radius 2 is 2.40 bits per heavy atom. The topological polar surface area (TPSA) is 35.2 Å². The van der Waals surface area contributed by atoms with Crippen molar-refractivity contribution in [3.63, 3.8) is 0 Å². The summed E-state index contributed by atoms with van der Waals surface area (Å²) in [5, 5.41) is 0. The van der Waals surface area contributed by atoms with Crippen molar-refractivity contribution in [2.45, 2.75) is 38.8 Å². The molecule has 2 rings (SSSR count). The summed E-state index contributed by atoms with van der Waals surface area (Å²) in [4.78, 5) is 2.68. The lowest BCUT2D eigenvalue weighted by molar-refractivity contribution is 0.0734. The van der Waals surface area contributed by atoms with Crippen LogP contribution >= 0.6 is 11.3 Å². The molecule has 0 saturated carbocycles. The molecule has 2 nitrogen and oxygen atoms in total. The van der Waals surface area contributed by atoms with Crippen LogP contribution in [0.25, 0.3) is 0 Å². The van der Waals surface area contributed by atoms with Crippen LogP contribution < -0.4 is 5.73 Å². The zero-order chi connectivity index (χ0) is 10.8. The lowest BCUT2D eigenvalue weighted by Crippen LogP contribution is -2.29. The average molecular weight is 225 g/mol. The molecule has 2 N–H and O–H groups in total. The molecule has 0 bridgehead atoms. The van der Waals surface area contributed by atoms with Gasteiger partial charge in [0, 0.05) is 16.4 Å². The second-order valence-corrected chi connectivity index (χ2v) is 5.48. The predicted octanol–water partition coefficient (Wildman–Crippen LogP) is 2.74. The van der Waals surface area contributed by atoms with Gasteiger partial charge in [-0.1, -0.05) is 13.8 Å². The highest BCUT2D eigenvalue weighted by atomic mass is 32.1. The molecular formula is C12H19NOS. The molecule has 84 valence electrons. The van der Waals surface area contributed by atoms with E-state index >= 15 is 0 Å². The minimum Gasteiger partial charge on any atom is -0.376 e. The van der Waals surface area contributed by atoms with Crippen LogP contribution in [-0.4, -0.2) is 12.7 Å². The summed E-state index contributed by atoms with van der Waals surface area (Å²) in [6, 6.07) is 4.40. The van der Waals surface area contributed by atoms with E-state index in [1.165, 1.54) is 9.75 Å². The van der Waals surface area contributed by atoms with E-state index in [0.29, 0.717) is 5.92 Å². The lowest BCUT2D eigenvalue weighted by Gasteiger charge is -2.21. The van der Waals surface area contributed by atoms with Gasteiger partial charge in [-0.2, -0.15) is 0 Å². The van der Waals surface area contributed by atoms with Crippen molar-refractivity contribution < 1.29 is 4.74 Å². The molecule has 3 atom stereocenters. The second kappa shape index (κ2) is 4.64. The van der Waals surface area contributed by atoms with Gasteiger partial charge in [0.1, 0.15) is 0 Å². The largest absolute Gasteiger partial charge is 0.376 e. The van der Waals surface area contributed by atoms with Gasteiger partial charge >= 0.3 is 0 Å². The number of nitrogens with two attached hydrogens (primary N) is 1. The first-order valence-electron chi connectivity index (χ1n) is 5.68. The van der Waals surface area contributed by atoms with Gasteiger partial charge in [0.05, 0.1) is 12.1 Å². The summed E-state index contributed by atoms with van der Waals surface area (Å²) in [5.74, 6) is 0.590. The van der Waals surface area contributed by atoms with Gasteiger partial charge in [-0.25, -0.2) is 0 Å². The molecule has 2 heterocycles. The molecule has 1 aliphatic heterocycles. The lowest BCUT2D eigenvalue weighted by atomic mass is 9.97. The fourth-order valence-corrected chi connectivity index (χ4v) is 3.09. The van der Waals surface area contributed by atoms with Crippen LogP contribution in [0.1, 0.15) is 36.1 Å². The first kappa shape index (κ1) is 11.1. The maximum absolute atomic E-state index is 6.24. The van der Waals surface area contributed by atoms with E-state index in [9.17, 15) is 0 Å². The Morgan fingerprint density at radius 3 is 2.93 bits per heavy atom. The number of aryl methyl sites for hydroxylation is 1. The third-order valence-corrected chi connectivity index (χ3v) is 4.49. The first-order chi connectivity index (χ1) is 7.22. The zero-order valence-corrected chi connectivity index (χ0v) is 10.2. The van der Waals surface area contributed by atoms with Crippen LogP contribution in [0.2, 0.25) is 0 Å². The van der Waals surface area contributed by atoms with Gasteiger partial charge in [-0.15, -0.1) is 11.3 Å². The van der Waals surface area contributed by atoms with Gasteiger partial charge in [0.2, 0.25) is 0 Å². The van der Waals surface area contributed by atoms with E-state index in [4.69, 9.17) is 10.5 Å². The van der Waals surface area contributed by atoms with Crippen molar-refractivity contribution >= 4 is 11.3 Å². The van der Waals surface area contributed by atoms with Crippen molar-refractivity contribution in [3.05, 3.63) is 21.9 Å². The highest BCUT2D eigenvalue weighted by Gasteiger charge is 2.31. The summed E-state index contributed by atoms with van der Waals surface area (Å²) >= 11 is 1.82. The Kier molecular flexibility index (Phi) is 3.44. The quantitative estimate of drug-likeness (QED) is 0.858. The van der Waals surface area contributed by atoms with Crippen molar-refractivity contribution in [2.75, 3.05) is 6.61 Å². The molecule has 0 radical (unpaired) electrons. The molecule has 1 fully saturated rings. The van der Waals surface area contributed by atoms with Gasteiger partial charge < -0.3 is 10.5 Å². The summed E-state index contributed by atoms with van der Waals surface area (Å²) in [7, 11) is 0. The first-order valence-corrected chi connectivity index (χ1v) is 6.49. The van der Waals surface area contributed by atoms with Crippen LogP contribution in [0.5, 0.6) is 0 Å². The zero-order valence-electron chi connectivity index (χ0n) is 9.40. The van der Waals surface area contributed by atoms with Crippen LogP contribution in [-0.2, 0) is 11.2 Å². The average Bonchev–Trinajstić information content (AvgIpc) is 2.84. The molecular weight excluding hydrogens is 206 g/mol. The Balaban J connectivity index is 2.09. The van der Waals surface area contributed by atoms with Crippen molar-refractivity contribution in [1.82, 2.24) is 0 Å². The molecule has 0 aromatic carbocycles. The molecule has 1 aliphatic rings. The summed E-state index contributed by atoms with van der Waals surface area (Å²) < 4.78 is 5.71. The van der Waals surface area contributed by atoms with Crippen LogP contribution in [0.4, 0.5) is 0 Å². The van der Waals surface area contributed by atoms with Crippen molar-refractivity contribution in [1.29, 1.82) is 0 Å². The SMILES string of the molecule is CCc1ccc(C(N)C2OCCC2C)s1. The summed E-state index contributed by atoms with van der Waals surface area (Å²) in [6.07, 6.45) is 2.45. The van der Waals surface area contributed by atoms with E-state index in [1.807, 2.05) is 11.3 Å². The van der Waals surface area contributed by atoms with Gasteiger partial charge in [-0.3, -0.25) is 0 Å². The molecule has 15 heavy (non-hydrogen) atoms. The minimum absolute atomic E-state index is 0.0628. The number of hydrogen-bond acceptors (Lipinski definition) is 3. The molecule has 0 amide bonds. The molecule has 1 aromatic heterocycles. The van der Waals surface area contributed by atoms with Crippen LogP contribution in [0, 0.1) is 5.92 Å². The smallest absolute Gasteiger partial charge is 0.0801 e. The third-order valence-electron chi connectivity index (χ3n) is 3.16. The van der Waals surface area contributed by atoms with Gasteiger partial charge in [0.25, 0.3) is 0 Å². The van der Waals surface area contributed by atoms with Gasteiger partial charge in [0.15, 0.2) is 0 Å². The maximum Gasteiger partial charge on any atom is 0.0801 e. The Bertz CT molecular complexity index is 323. The van der Waals surface area contributed by atoms with Crippen LogP contribution in [0.3, 0.4) is 0 Å². The monoisotopic (exact) mass is 225 g/mol. The molecule has 3 unspecified atom stereocenters. The molecule has 3 heteroatoms. The van der Waals surface area contributed by atoms with E-state index in [1.54, 1.807) is 0 Å². The Hall–Kier alpha value is -0.380. The van der Waals surface area contributed by atoms with Gasteiger partial charge in [-0.05, 0) is 30.9 Å². The number of thiophene rings is 1. The normalized spacial score (nSPS) is 28.2. The molecule has 1 saturated heterocycles.